The molecular formula is C18H19N3O3S2. The van der Waals surface area contributed by atoms with Gasteiger partial charge in [-0.25, -0.2) is 23.1 Å². The third kappa shape index (κ3) is 4.27. The first kappa shape index (κ1) is 18.5. The summed E-state index contributed by atoms with van der Waals surface area (Å²) in [5, 5.41) is 0. The van der Waals surface area contributed by atoms with E-state index in [0.29, 0.717) is 9.90 Å². The van der Waals surface area contributed by atoms with Crippen LogP contribution in [-0.2, 0) is 23.0 Å². The average molecular weight is 390 g/mol. The Bertz CT molecular complexity index is 983. The molecule has 0 aliphatic heterocycles. The minimum Gasteiger partial charge on any atom is -0.497 e. The summed E-state index contributed by atoms with van der Waals surface area (Å²) < 4.78 is 32.9. The minimum atomic E-state index is -3.54. The molecule has 3 aromatic rings. The first-order chi connectivity index (χ1) is 12.5. The lowest BCUT2D eigenvalue weighted by Crippen LogP contribution is -2.23. The maximum Gasteiger partial charge on any atom is 0.250 e. The number of aromatic nitrogens is 2. The van der Waals surface area contributed by atoms with E-state index in [2.05, 4.69) is 14.7 Å². The van der Waals surface area contributed by atoms with Gasteiger partial charge in [0.1, 0.15) is 16.3 Å². The molecule has 0 amide bonds. The van der Waals surface area contributed by atoms with E-state index in [1.54, 1.807) is 19.2 Å². The number of hydrogen-bond donors (Lipinski definition) is 1. The summed E-state index contributed by atoms with van der Waals surface area (Å²) in [5.74, 6) is 0.762. The molecule has 0 spiro atoms. The summed E-state index contributed by atoms with van der Waals surface area (Å²) in [6.07, 6.45) is 2.25. The Labute approximate surface area is 157 Å². The van der Waals surface area contributed by atoms with Gasteiger partial charge in [0.05, 0.1) is 25.0 Å². The van der Waals surface area contributed by atoms with Crippen LogP contribution < -0.4 is 9.46 Å². The number of ether oxygens (including phenoxy) is 1. The molecule has 26 heavy (non-hydrogen) atoms. The molecule has 3 rings (SSSR count). The summed E-state index contributed by atoms with van der Waals surface area (Å²) in [5.41, 5.74) is 2.23. The van der Waals surface area contributed by atoms with Crippen molar-refractivity contribution in [1.29, 1.82) is 0 Å². The third-order valence-electron chi connectivity index (χ3n) is 3.80. The predicted octanol–water partition coefficient (Wildman–Crippen LogP) is 3.25. The number of methoxy groups -OCH3 is 1. The van der Waals surface area contributed by atoms with Gasteiger partial charge in [-0.15, -0.1) is 11.3 Å². The second-order valence-corrected chi connectivity index (χ2v) is 8.68. The Kier molecular flexibility index (Phi) is 5.65. The summed E-state index contributed by atoms with van der Waals surface area (Å²) >= 11 is 1.28. The van der Waals surface area contributed by atoms with Gasteiger partial charge < -0.3 is 4.74 Å². The number of benzene rings is 1. The largest absolute Gasteiger partial charge is 0.497 e. The van der Waals surface area contributed by atoms with E-state index >= 15 is 0 Å². The molecule has 0 aliphatic rings. The van der Waals surface area contributed by atoms with Gasteiger partial charge in [-0.2, -0.15) is 0 Å². The molecule has 0 bridgehead atoms. The summed E-state index contributed by atoms with van der Waals surface area (Å²) in [4.78, 5) is 9.45. The van der Waals surface area contributed by atoms with Crippen LogP contribution in [0.15, 0.2) is 53.0 Å². The van der Waals surface area contributed by atoms with E-state index in [9.17, 15) is 8.42 Å². The molecule has 0 saturated heterocycles. The number of aryl methyl sites for hydroxylation is 1. The van der Waals surface area contributed by atoms with Crippen molar-refractivity contribution in [3.05, 3.63) is 59.4 Å². The second-order valence-electron chi connectivity index (χ2n) is 5.52. The number of sulfonamides is 1. The monoisotopic (exact) mass is 389 g/mol. The van der Waals surface area contributed by atoms with E-state index in [1.165, 1.54) is 17.7 Å². The molecular weight excluding hydrogens is 370 g/mol. The summed E-state index contributed by atoms with van der Waals surface area (Å²) in [6, 6.07) is 12.7. The van der Waals surface area contributed by atoms with Crippen molar-refractivity contribution >= 4 is 21.4 Å². The number of hydrogen-bond acceptors (Lipinski definition) is 6. The van der Waals surface area contributed by atoms with Gasteiger partial charge in [-0.05, 0) is 48.9 Å². The van der Waals surface area contributed by atoms with Crippen molar-refractivity contribution in [2.75, 3.05) is 7.11 Å². The SMILES string of the molecule is CCc1ccc(S(=O)(=O)NCc2cc(-c3ccc(OC)cc3)ncn2)s1. The standard InChI is InChI=1S/C18H19N3O3S2/c1-3-16-8-9-18(25-16)26(22,23)21-11-14-10-17(20-12-19-14)13-4-6-15(24-2)7-5-13/h4-10,12,21H,3,11H2,1-2H3. The Morgan fingerprint density at radius 1 is 1.12 bits per heavy atom. The number of rotatable bonds is 7. The van der Waals surface area contributed by atoms with Crippen LogP contribution >= 0.6 is 11.3 Å². The Hall–Kier alpha value is -2.29. The zero-order valence-electron chi connectivity index (χ0n) is 14.5. The van der Waals surface area contributed by atoms with Gasteiger partial charge in [-0.3, -0.25) is 0 Å². The van der Waals surface area contributed by atoms with Gasteiger partial charge in [0.25, 0.3) is 0 Å². The molecule has 0 saturated carbocycles. The molecule has 2 aromatic heterocycles. The fourth-order valence-electron chi connectivity index (χ4n) is 2.35. The third-order valence-corrected chi connectivity index (χ3v) is 6.93. The highest BCUT2D eigenvalue weighted by molar-refractivity contribution is 7.91. The average Bonchev–Trinajstić information content (AvgIpc) is 3.17. The van der Waals surface area contributed by atoms with Crippen LogP contribution in [0.5, 0.6) is 5.75 Å². The summed E-state index contributed by atoms with van der Waals surface area (Å²) in [6.45, 7) is 2.10. The van der Waals surface area contributed by atoms with Crippen molar-refractivity contribution in [1.82, 2.24) is 14.7 Å². The lowest BCUT2D eigenvalue weighted by atomic mass is 10.1. The first-order valence-corrected chi connectivity index (χ1v) is 10.4. The van der Waals surface area contributed by atoms with Crippen LogP contribution in [0.4, 0.5) is 0 Å². The molecule has 6 nitrogen and oxygen atoms in total. The molecule has 2 heterocycles. The number of thiophene rings is 1. The van der Waals surface area contributed by atoms with Crippen LogP contribution in [0, 0.1) is 0 Å². The van der Waals surface area contributed by atoms with Crippen LogP contribution in [0.1, 0.15) is 17.5 Å². The molecule has 1 N–H and O–H groups in total. The molecule has 136 valence electrons. The molecule has 0 aliphatic carbocycles. The first-order valence-electron chi connectivity index (χ1n) is 8.05. The van der Waals surface area contributed by atoms with Gasteiger partial charge in [-0.1, -0.05) is 6.92 Å². The van der Waals surface area contributed by atoms with Crippen molar-refractivity contribution in [3.8, 4) is 17.0 Å². The fourth-order valence-corrected chi connectivity index (χ4v) is 4.69. The van der Waals surface area contributed by atoms with E-state index in [4.69, 9.17) is 4.74 Å². The number of nitrogens with zero attached hydrogens (tertiary/aromatic N) is 2. The maximum atomic E-state index is 12.4. The second kappa shape index (κ2) is 7.94. The lowest BCUT2D eigenvalue weighted by molar-refractivity contribution is 0.415. The van der Waals surface area contributed by atoms with E-state index in [0.717, 1.165) is 28.3 Å². The number of nitrogens with one attached hydrogen (secondary N) is 1. The van der Waals surface area contributed by atoms with E-state index in [1.807, 2.05) is 37.3 Å². The zero-order chi connectivity index (χ0) is 18.6. The van der Waals surface area contributed by atoms with Crippen molar-refractivity contribution in [3.63, 3.8) is 0 Å². The fraction of sp³-hybridized carbons (Fsp3) is 0.222. The predicted molar refractivity (Wildman–Crippen MR) is 102 cm³/mol. The Morgan fingerprint density at radius 3 is 2.54 bits per heavy atom. The topological polar surface area (TPSA) is 81.2 Å². The van der Waals surface area contributed by atoms with Crippen LogP contribution in [-0.4, -0.2) is 25.5 Å². The molecule has 0 unspecified atom stereocenters. The normalized spacial score (nSPS) is 11.5. The van der Waals surface area contributed by atoms with Gasteiger partial charge in [0, 0.05) is 10.4 Å². The summed E-state index contributed by atoms with van der Waals surface area (Å²) in [7, 11) is -1.93. The highest BCUT2D eigenvalue weighted by atomic mass is 32.2. The van der Waals surface area contributed by atoms with Crippen LogP contribution in [0.2, 0.25) is 0 Å². The molecule has 0 fully saturated rings. The van der Waals surface area contributed by atoms with Gasteiger partial charge >= 0.3 is 0 Å². The van der Waals surface area contributed by atoms with E-state index < -0.39 is 10.0 Å². The minimum absolute atomic E-state index is 0.105. The smallest absolute Gasteiger partial charge is 0.250 e. The van der Waals surface area contributed by atoms with Crippen molar-refractivity contribution < 1.29 is 13.2 Å². The quantitative estimate of drug-likeness (QED) is 0.671. The Morgan fingerprint density at radius 2 is 1.88 bits per heavy atom. The zero-order valence-corrected chi connectivity index (χ0v) is 16.1. The van der Waals surface area contributed by atoms with Gasteiger partial charge in [0.15, 0.2) is 0 Å². The van der Waals surface area contributed by atoms with Crippen LogP contribution in [0.3, 0.4) is 0 Å². The lowest BCUT2D eigenvalue weighted by Gasteiger charge is -2.07. The highest BCUT2D eigenvalue weighted by Crippen LogP contribution is 2.23. The molecule has 0 radical (unpaired) electrons. The van der Waals surface area contributed by atoms with Crippen molar-refractivity contribution in [2.45, 2.75) is 24.1 Å². The Balaban J connectivity index is 1.74. The van der Waals surface area contributed by atoms with Crippen LogP contribution in [0.25, 0.3) is 11.3 Å². The van der Waals surface area contributed by atoms with Crippen molar-refractivity contribution in [2.24, 2.45) is 0 Å². The van der Waals surface area contributed by atoms with E-state index in [-0.39, 0.29) is 6.54 Å². The molecule has 8 heteroatoms. The maximum absolute atomic E-state index is 12.4. The molecule has 0 atom stereocenters. The highest BCUT2D eigenvalue weighted by Gasteiger charge is 2.16. The van der Waals surface area contributed by atoms with Gasteiger partial charge in [0.2, 0.25) is 10.0 Å². The molecule has 1 aromatic carbocycles.